The predicted octanol–water partition coefficient (Wildman–Crippen LogP) is 2.90. The van der Waals surface area contributed by atoms with Crippen LogP contribution in [0.3, 0.4) is 0 Å². The Morgan fingerprint density at radius 1 is 1.41 bits per heavy atom. The molecule has 1 aromatic heterocycles. The van der Waals surface area contributed by atoms with Gasteiger partial charge in [-0.1, -0.05) is 12.1 Å². The third-order valence-electron chi connectivity index (χ3n) is 3.37. The van der Waals surface area contributed by atoms with Gasteiger partial charge >= 0.3 is 0 Å². The number of nitrogens with one attached hydrogen (secondary N) is 1. The molecule has 1 atom stereocenters. The lowest BCUT2D eigenvalue weighted by Gasteiger charge is -2.12. The van der Waals surface area contributed by atoms with E-state index in [9.17, 15) is 0 Å². The van der Waals surface area contributed by atoms with Crippen LogP contribution in [0.1, 0.15) is 31.6 Å². The minimum atomic E-state index is 0. The first-order chi connectivity index (χ1) is 7.90. The van der Waals surface area contributed by atoms with Crippen LogP contribution in [0.2, 0.25) is 0 Å². The average Bonchev–Trinajstić information content (AvgIpc) is 2.95. The van der Waals surface area contributed by atoms with Crippen molar-refractivity contribution in [3.05, 3.63) is 30.1 Å². The van der Waals surface area contributed by atoms with Crippen LogP contribution in [0.5, 0.6) is 0 Å². The summed E-state index contributed by atoms with van der Waals surface area (Å²) in [7, 11) is 0. The zero-order valence-corrected chi connectivity index (χ0v) is 10.8. The van der Waals surface area contributed by atoms with E-state index in [0.717, 1.165) is 18.6 Å². The smallest absolute Gasteiger partial charge is 0.127 e. The number of hydrogen-bond acceptors (Lipinski definition) is 2. The van der Waals surface area contributed by atoms with E-state index < -0.39 is 0 Å². The standard InChI is InChI=1S/C13H17N3.ClH/c1-2-16-12-8-4-3-6-10(12)15-13(16)11-7-5-9-14-11;/h3-4,6,8,11,14H,2,5,7,9H2,1H3;1H. The van der Waals surface area contributed by atoms with Crippen molar-refractivity contribution < 1.29 is 0 Å². The molecule has 2 aromatic rings. The maximum atomic E-state index is 4.77. The zero-order valence-electron chi connectivity index (χ0n) is 10.0. The summed E-state index contributed by atoms with van der Waals surface area (Å²) in [5, 5.41) is 3.53. The van der Waals surface area contributed by atoms with Gasteiger partial charge in [0, 0.05) is 6.54 Å². The topological polar surface area (TPSA) is 29.9 Å². The van der Waals surface area contributed by atoms with Crippen molar-refractivity contribution in [1.82, 2.24) is 14.9 Å². The van der Waals surface area contributed by atoms with Crippen molar-refractivity contribution in [3.63, 3.8) is 0 Å². The summed E-state index contributed by atoms with van der Waals surface area (Å²) >= 11 is 0. The molecule has 17 heavy (non-hydrogen) atoms. The lowest BCUT2D eigenvalue weighted by atomic mass is 10.2. The highest BCUT2D eigenvalue weighted by molar-refractivity contribution is 5.85. The number of para-hydroxylation sites is 2. The summed E-state index contributed by atoms with van der Waals surface area (Å²) in [6.07, 6.45) is 2.47. The number of imidazole rings is 1. The molecular weight excluding hydrogens is 234 g/mol. The molecule has 2 heterocycles. The second-order valence-corrected chi connectivity index (χ2v) is 4.35. The highest BCUT2D eigenvalue weighted by atomic mass is 35.5. The third-order valence-corrected chi connectivity index (χ3v) is 3.37. The largest absolute Gasteiger partial charge is 0.327 e. The van der Waals surface area contributed by atoms with Crippen molar-refractivity contribution in [3.8, 4) is 0 Å². The number of rotatable bonds is 2. The van der Waals surface area contributed by atoms with Crippen LogP contribution in [0, 0.1) is 0 Å². The zero-order chi connectivity index (χ0) is 11.0. The number of fused-ring (bicyclic) bond motifs is 1. The summed E-state index contributed by atoms with van der Waals surface area (Å²) < 4.78 is 2.33. The van der Waals surface area contributed by atoms with Gasteiger partial charge in [0.15, 0.2) is 0 Å². The molecule has 1 aliphatic heterocycles. The highest BCUT2D eigenvalue weighted by Crippen LogP contribution is 2.26. The van der Waals surface area contributed by atoms with E-state index in [4.69, 9.17) is 4.98 Å². The van der Waals surface area contributed by atoms with Gasteiger partial charge in [0.05, 0.1) is 17.1 Å². The van der Waals surface area contributed by atoms with Gasteiger partial charge < -0.3 is 9.88 Å². The number of nitrogens with zero attached hydrogens (tertiary/aromatic N) is 2. The lowest BCUT2D eigenvalue weighted by molar-refractivity contribution is 0.565. The lowest BCUT2D eigenvalue weighted by Crippen LogP contribution is -2.17. The summed E-state index contributed by atoms with van der Waals surface area (Å²) in [6.45, 7) is 4.30. The Bertz CT molecular complexity index is 500. The molecule has 0 spiro atoms. The molecule has 92 valence electrons. The summed E-state index contributed by atoms with van der Waals surface area (Å²) in [5.41, 5.74) is 2.38. The van der Waals surface area contributed by atoms with E-state index in [1.54, 1.807) is 0 Å². The Morgan fingerprint density at radius 3 is 2.94 bits per heavy atom. The first-order valence-corrected chi connectivity index (χ1v) is 6.08. The molecule has 1 unspecified atom stereocenters. The van der Waals surface area contributed by atoms with Crippen LogP contribution >= 0.6 is 12.4 Å². The van der Waals surface area contributed by atoms with Crippen LogP contribution in [0.25, 0.3) is 11.0 Å². The molecule has 4 heteroatoms. The molecule has 0 bridgehead atoms. The van der Waals surface area contributed by atoms with Gasteiger partial charge in [-0.05, 0) is 38.4 Å². The maximum absolute atomic E-state index is 4.77. The minimum Gasteiger partial charge on any atom is -0.327 e. The fourth-order valence-electron chi connectivity index (χ4n) is 2.60. The average molecular weight is 252 g/mol. The van der Waals surface area contributed by atoms with Gasteiger partial charge in [-0.25, -0.2) is 4.98 Å². The van der Waals surface area contributed by atoms with Crippen molar-refractivity contribution in [2.45, 2.75) is 32.4 Å². The normalized spacial score (nSPS) is 19.5. The van der Waals surface area contributed by atoms with Crippen LogP contribution in [0.15, 0.2) is 24.3 Å². The number of hydrogen-bond donors (Lipinski definition) is 1. The van der Waals surface area contributed by atoms with Gasteiger partial charge in [-0.3, -0.25) is 0 Å². The molecule has 3 nitrogen and oxygen atoms in total. The van der Waals surface area contributed by atoms with Gasteiger partial charge in [0.1, 0.15) is 5.82 Å². The van der Waals surface area contributed by atoms with Gasteiger partial charge in [0.2, 0.25) is 0 Å². The van der Waals surface area contributed by atoms with E-state index in [1.807, 2.05) is 0 Å². The summed E-state index contributed by atoms with van der Waals surface area (Å²) in [5.74, 6) is 1.21. The van der Waals surface area contributed by atoms with Crippen LogP contribution in [-0.4, -0.2) is 16.1 Å². The molecule has 0 saturated carbocycles. The van der Waals surface area contributed by atoms with Gasteiger partial charge in [0.25, 0.3) is 0 Å². The van der Waals surface area contributed by atoms with E-state index in [0.29, 0.717) is 6.04 Å². The Balaban J connectivity index is 0.00000108. The first-order valence-electron chi connectivity index (χ1n) is 6.08. The van der Waals surface area contributed by atoms with E-state index in [-0.39, 0.29) is 12.4 Å². The van der Waals surface area contributed by atoms with Crippen molar-refractivity contribution in [1.29, 1.82) is 0 Å². The Hall–Kier alpha value is -1.06. The molecule has 1 aromatic carbocycles. The molecule has 0 radical (unpaired) electrons. The van der Waals surface area contributed by atoms with E-state index in [1.165, 1.54) is 24.2 Å². The third kappa shape index (κ3) is 2.05. The number of benzene rings is 1. The Morgan fingerprint density at radius 2 is 2.24 bits per heavy atom. The SMILES string of the molecule is CCn1c(C2CCCN2)nc2ccccc21.Cl. The van der Waals surface area contributed by atoms with Crippen molar-refractivity contribution >= 4 is 23.4 Å². The van der Waals surface area contributed by atoms with Crippen molar-refractivity contribution in [2.75, 3.05) is 6.54 Å². The maximum Gasteiger partial charge on any atom is 0.127 e. The number of halogens is 1. The molecule has 1 fully saturated rings. The second kappa shape index (κ2) is 5.07. The van der Waals surface area contributed by atoms with E-state index >= 15 is 0 Å². The van der Waals surface area contributed by atoms with Gasteiger partial charge in [-0.15, -0.1) is 12.4 Å². The quantitative estimate of drug-likeness (QED) is 0.890. The number of aromatic nitrogens is 2. The minimum absolute atomic E-state index is 0. The van der Waals surface area contributed by atoms with E-state index in [2.05, 4.69) is 41.1 Å². The Kier molecular flexibility index (Phi) is 3.69. The van der Waals surface area contributed by atoms with Crippen LogP contribution in [-0.2, 0) is 6.54 Å². The molecule has 1 saturated heterocycles. The molecule has 1 N–H and O–H groups in total. The second-order valence-electron chi connectivity index (χ2n) is 4.35. The molecular formula is C13H18ClN3. The number of aryl methyl sites for hydroxylation is 1. The first kappa shape index (κ1) is 12.4. The van der Waals surface area contributed by atoms with Gasteiger partial charge in [-0.2, -0.15) is 0 Å². The van der Waals surface area contributed by atoms with Crippen LogP contribution in [0.4, 0.5) is 0 Å². The van der Waals surface area contributed by atoms with Crippen LogP contribution < -0.4 is 5.32 Å². The molecule has 1 aliphatic rings. The summed E-state index contributed by atoms with van der Waals surface area (Å²) in [4.78, 5) is 4.77. The predicted molar refractivity (Wildman–Crippen MR) is 72.6 cm³/mol. The highest BCUT2D eigenvalue weighted by Gasteiger charge is 2.22. The monoisotopic (exact) mass is 251 g/mol. The fourth-order valence-corrected chi connectivity index (χ4v) is 2.60. The molecule has 0 aliphatic carbocycles. The fraction of sp³-hybridized carbons (Fsp3) is 0.462. The Labute approximate surface area is 108 Å². The molecule has 3 rings (SSSR count). The van der Waals surface area contributed by atoms with Crippen molar-refractivity contribution in [2.24, 2.45) is 0 Å². The summed E-state index contributed by atoms with van der Waals surface area (Å²) in [6, 6.07) is 8.85. The molecule has 0 amide bonds.